The van der Waals surface area contributed by atoms with Gasteiger partial charge in [-0.25, -0.2) is 4.98 Å². The number of rotatable bonds is 4. The Morgan fingerprint density at radius 3 is 2.54 bits per heavy atom. The van der Waals surface area contributed by atoms with Crippen molar-refractivity contribution in [3.8, 4) is 17.0 Å². The van der Waals surface area contributed by atoms with Crippen LogP contribution in [-0.2, 0) is 23.9 Å². The van der Waals surface area contributed by atoms with Crippen LogP contribution in [-0.4, -0.2) is 57.9 Å². The van der Waals surface area contributed by atoms with Crippen molar-refractivity contribution in [1.29, 1.82) is 0 Å². The Morgan fingerprint density at radius 1 is 1.03 bits per heavy atom. The summed E-state index contributed by atoms with van der Waals surface area (Å²) in [5, 5.41) is 6.98. The van der Waals surface area contributed by atoms with Crippen LogP contribution in [0.4, 0.5) is 32.2 Å². The first-order valence-electron chi connectivity index (χ1n) is 11.4. The summed E-state index contributed by atoms with van der Waals surface area (Å²) in [6.07, 6.45) is -6.36. The fraction of sp³-hybridized carbons (Fsp3) is 0.375. The zero-order valence-electron chi connectivity index (χ0n) is 19.2. The first kappa shape index (κ1) is 25.1. The fourth-order valence-corrected chi connectivity index (χ4v) is 4.62. The molecule has 2 aliphatic rings. The number of piperazine rings is 1. The Morgan fingerprint density at radius 2 is 1.84 bits per heavy atom. The summed E-state index contributed by atoms with van der Waals surface area (Å²) in [6.45, 7) is -0.0459. The van der Waals surface area contributed by atoms with Crippen molar-refractivity contribution in [2.24, 2.45) is 0 Å². The SMILES string of the molecule is O=C1CCc2cc(-c3[nH]ncc3CN3CCN(c4ccc(C(F)(F)F)cn4)[C@@H](C(F)(F)F)C3)ccc2O1. The molecule has 1 N–H and O–H groups in total. The van der Waals surface area contributed by atoms with Crippen LogP contribution in [0.5, 0.6) is 5.75 Å². The average Bonchev–Trinajstić information content (AvgIpc) is 3.31. The molecule has 1 fully saturated rings. The Labute approximate surface area is 207 Å². The number of aryl methyl sites for hydroxylation is 1. The molecule has 5 rings (SSSR count). The van der Waals surface area contributed by atoms with Crippen molar-refractivity contribution in [3.63, 3.8) is 0 Å². The third-order valence-corrected chi connectivity index (χ3v) is 6.50. The van der Waals surface area contributed by atoms with Gasteiger partial charge in [0.15, 0.2) is 0 Å². The van der Waals surface area contributed by atoms with Crippen molar-refractivity contribution in [2.75, 3.05) is 24.5 Å². The number of carbonyl (C=O) groups is 1. The van der Waals surface area contributed by atoms with E-state index in [2.05, 4.69) is 15.2 Å². The highest BCUT2D eigenvalue weighted by Gasteiger charge is 2.47. The van der Waals surface area contributed by atoms with Crippen LogP contribution in [0.3, 0.4) is 0 Å². The average molecular weight is 525 g/mol. The van der Waals surface area contributed by atoms with E-state index >= 15 is 0 Å². The Bertz CT molecular complexity index is 1290. The zero-order valence-corrected chi connectivity index (χ0v) is 19.2. The summed E-state index contributed by atoms with van der Waals surface area (Å²) in [7, 11) is 0. The highest BCUT2D eigenvalue weighted by atomic mass is 19.4. The van der Waals surface area contributed by atoms with E-state index in [1.54, 1.807) is 23.2 Å². The molecule has 0 radical (unpaired) electrons. The van der Waals surface area contributed by atoms with Crippen molar-refractivity contribution >= 4 is 11.8 Å². The number of halogens is 6. The van der Waals surface area contributed by atoms with E-state index in [0.29, 0.717) is 29.6 Å². The minimum absolute atomic E-state index is 0.0695. The summed E-state index contributed by atoms with van der Waals surface area (Å²) in [6, 6.07) is 5.06. The van der Waals surface area contributed by atoms with Gasteiger partial charge in [-0.15, -0.1) is 0 Å². The molecule has 37 heavy (non-hydrogen) atoms. The van der Waals surface area contributed by atoms with Crippen LogP contribution in [0, 0.1) is 0 Å². The van der Waals surface area contributed by atoms with Gasteiger partial charge < -0.3 is 9.64 Å². The number of H-pyrrole nitrogens is 1. The molecular formula is C24H21F6N5O2. The van der Waals surface area contributed by atoms with Gasteiger partial charge in [0.05, 0.1) is 23.9 Å². The third kappa shape index (κ3) is 5.26. The van der Waals surface area contributed by atoms with Crippen LogP contribution in [0.1, 0.15) is 23.1 Å². The molecule has 0 aliphatic carbocycles. The summed E-state index contributed by atoms with van der Waals surface area (Å²) < 4.78 is 85.8. The number of fused-ring (bicyclic) bond motifs is 1. The molecule has 1 saturated heterocycles. The van der Waals surface area contributed by atoms with Crippen LogP contribution >= 0.6 is 0 Å². The number of ether oxygens (including phenoxy) is 1. The highest BCUT2D eigenvalue weighted by Crippen LogP contribution is 2.35. The molecule has 0 saturated carbocycles. The summed E-state index contributed by atoms with van der Waals surface area (Å²) >= 11 is 0. The lowest BCUT2D eigenvalue weighted by Gasteiger charge is -2.42. The van der Waals surface area contributed by atoms with Crippen molar-refractivity contribution in [1.82, 2.24) is 20.1 Å². The molecule has 13 heteroatoms. The second-order valence-corrected chi connectivity index (χ2v) is 8.96. The lowest BCUT2D eigenvalue weighted by Crippen LogP contribution is -2.59. The molecule has 3 aromatic rings. The minimum atomic E-state index is -4.63. The maximum absolute atomic E-state index is 14.0. The normalized spacial score (nSPS) is 19.0. The number of benzene rings is 1. The first-order valence-corrected chi connectivity index (χ1v) is 11.4. The Kier molecular flexibility index (Phi) is 6.34. The van der Waals surface area contributed by atoms with Crippen molar-refractivity contribution in [3.05, 3.63) is 59.4 Å². The van der Waals surface area contributed by atoms with E-state index in [1.807, 2.05) is 6.07 Å². The van der Waals surface area contributed by atoms with Gasteiger partial charge >= 0.3 is 18.3 Å². The van der Waals surface area contributed by atoms with Gasteiger partial charge in [0.1, 0.15) is 17.6 Å². The van der Waals surface area contributed by atoms with Gasteiger partial charge in [-0.05, 0) is 42.3 Å². The molecule has 4 heterocycles. The maximum atomic E-state index is 14.0. The van der Waals surface area contributed by atoms with Crippen molar-refractivity contribution < 1.29 is 35.9 Å². The van der Waals surface area contributed by atoms with E-state index in [0.717, 1.165) is 28.2 Å². The van der Waals surface area contributed by atoms with E-state index in [9.17, 15) is 31.1 Å². The van der Waals surface area contributed by atoms with E-state index in [4.69, 9.17) is 4.74 Å². The molecule has 2 aromatic heterocycles. The number of nitrogens with one attached hydrogen (secondary N) is 1. The zero-order chi connectivity index (χ0) is 26.4. The van der Waals surface area contributed by atoms with Gasteiger partial charge in [-0.2, -0.15) is 31.4 Å². The Balaban J connectivity index is 1.33. The molecule has 0 amide bonds. The third-order valence-electron chi connectivity index (χ3n) is 6.50. The predicted molar refractivity (Wildman–Crippen MR) is 120 cm³/mol. The molecule has 196 valence electrons. The summed E-state index contributed by atoms with van der Waals surface area (Å²) in [5.74, 6) is 0.0307. The number of esters is 1. The molecule has 0 bridgehead atoms. The standard InChI is InChI=1S/C24H21F6N5O2/c25-23(26,27)17-3-5-20(31-11-17)35-8-7-34(13-19(35)24(28,29)30)12-16-10-32-33-22(16)15-1-4-18-14(9-15)2-6-21(36)37-18/h1,3-5,9-11,19H,2,6-8,12-13H2,(H,32,33)/t19-/m1/s1. The van der Waals surface area contributed by atoms with Crippen LogP contribution in [0.2, 0.25) is 0 Å². The fourth-order valence-electron chi connectivity index (χ4n) is 4.62. The molecule has 1 atom stereocenters. The second kappa shape index (κ2) is 9.36. The van der Waals surface area contributed by atoms with Gasteiger partial charge in [0.2, 0.25) is 0 Å². The maximum Gasteiger partial charge on any atom is 0.417 e. The largest absolute Gasteiger partial charge is 0.426 e. The van der Waals surface area contributed by atoms with Gasteiger partial charge in [0.25, 0.3) is 0 Å². The predicted octanol–water partition coefficient (Wildman–Crippen LogP) is 4.60. The van der Waals surface area contributed by atoms with Crippen LogP contribution in [0.25, 0.3) is 11.3 Å². The van der Waals surface area contributed by atoms with Crippen molar-refractivity contribution in [2.45, 2.75) is 37.8 Å². The number of carbonyl (C=O) groups excluding carboxylic acids is 1. The molecule has 0 spiro atoms. The second-order valence-electron chi connectivity index (χ2n) is 8.96. The number of aromatic amines is 1. The number of pyridine rings is 1. The van der Waals surface area contributed by atoms with Crippen LogP contribution in [0.15, 0.2) is 42.7 Å². The molecule has 7 nitrogen and oxygen atoms in total. The smallest absolute Gasteiger partial charge is 0.417 e. The van der Waals surface area contributed by atoms with E-state index < -0.39 is 30.5 Å². The van der Waals surface area contributed by atoms with Gasteiger partial charge in [-0.3, -0.25) is 14.8 Å². The number of hydrogen-bond acceptors (Lipinski definition) is 6. The highest BCUT2D eigenvalue weighted by molar-refractivity contribution is 5.76. The minimum Gasteiger partial charge on any atom is -0.426 e. The molecule has 1 aromatic carbocycles. The van der Waals surface area contributed by atoms with Crippen LogP contribution < -0.4 is 9.64 Å². The molecule has 0 unspecified atom stereocenters. The quantitative estimate of drug-likeness (QED) is 0.305. The molecular weight excluding hydrogens is 504 g/mol. The van der Waals surface area contributed by atoms with E-state index in [1.165, 1.54) is 0 Å². The first-order chi connectivity index (χ1) is 17.5. The lowest BCUT2D eigenvalue weighted by molar-refractivity contribution is -0.157. The lowest BCUT2D eigenvalue weighted by atomic mass is 10.00. The monoisotopic (exact) mass is 525 g/mol. The number of alkyl halides is 6. The Hall–Kier alpha value is -3.61. The van der Waals surface area contributed by atoms with E-state index in [-0.39, 0.29) is 37.8 Å². The number of aromatic nitrogens is 3. The number of anilines is 1. The van der Waals surface area contributed by atoms with Gasteiger partial charge in [-0.1, -0.05) is 0 Å². The summed E-state index contributed by atoms with van der Waals surface area (Å²) in [4.78, 5) is 17.8. The summed E-state index contributed by atoms with van der Waals surface area (Å²) in [5.41, 5.74) is 1.94. The number of hydrogen-bond donors (Lipinski definition) is 1. The van der Waals surface area contributed by atoms with Gasteiger partial charge in [0, 0.05) is 43.5 Å². The molecule has 2 aliphatic heterocycles. The topological polar surface area (TPSA) is 74.4 Å². The number of nitrogens with zero attached hydrogens (tertiary/aromatic N) is 4.